The Hall–Kier alpha value is -0.740. The van der Waals surface area contributed by atoms with Crippen molar-refractivity contribution in [1.82, 2.24) is 0 Å². The standard InChI is InChI=1S/C7H6ClNO2S/c8-4-5-1-2-7(12)6(3-5)9(10)11/h1-3,12H,4H2. The van der Waals surface area contributed by atoms with Gasteiger partial charge >= 0.3 is 0 Å². The van der Waals surface area contributed by atoms with E-state index in [1.54, 1.807) is 12.1 Å². The van der Waals surface area contributed by atoms with Crippen molar-refractivity contribution in [2.24, 2.45) is 0 Å². The minimum absolute atomic E-state index is 0.00326. The second-order valence-corrected chi connectivity index (χ2v) is 2.96. The van der Waals surface area contributed by atoms with E-state index in [0.29, 0.717) is 4.90 Å². The lowest BCUT2D eigenvalue weighted by molar-refractivity contribution is -0.387. The molecular weight excluding hydrogens is 198 g/mol. The van der Waals surface area contributed by atoms with Gasteiger partial charge in [0.25, 0.3) is 5.69 Å². The largest absolute Gasteiger partial charge is 0.282 e. The summed E-state index contributed by atoms with van der Waals surface area (Å²) in [5.41, 5.74) is 0.720. The zero-order valence-corrected chi connectivity index (χ0v) is 7.68. The topological polar surface area (TPSA) is 43.1 Å². The molecule has 0 saturated heterocycles. The van der Waals surface area contributed by atoms with Crippen LogP contribution in [0.3, 0.4) is 0 Å². The molecule has 0 aliphatic heterocycles. The van der Waals surface area contributed by atoms with Crippen LogP contribution in [0.25, 0.3) is 0 Å². The monoisotopic (exact) mass is 203 g/mol. The summed E-state index contributed by atoms with van der Waals surface area (Å²) in [6.45, 7) is 0. The van der Waals surface area contributed by atoms with E-state index < -0.39 is 4.92 Å². The molecule has 0 atom stereocenters. The molecule has 0 spiro atoms. The van der Waals surface area contributed by atoms with Gasteiger partial charge in [-0.3, -0.25) is 10.1 Å². The van der Waals surface area contributed by atoms with Gasteiger partial charge in [-0.05, 0) is 11.6 Å². The van der Waals surface area contributed by atoms with Crippen molar-refractivity contribution in [1.29, 1.82) is 0 Å². The Labute approximate surface area is 79.9 Å². The van der Waals surface area contributed by atoms with E-state index in [1.165, 1.54) is 6.07 Å². The van der Waals surface area contributed by atoms with E-state index in [9.17, 15) is 10.1 Å². The summed E-state index contributed by atoms with van der Waals surface area (Å²) in [4.78, 5) is 10.3. The molecule has 3 nitrogen and oxygen atoms in total. The Morgan fingerprint density at radius 1 is 1.58 bits per heavy atom. The summed E-state index contributed by atoms with van der Waals surface area (Å²) in [6, 6.07) is 4.70. The molecule has 0 heterocycles. The first-order valence-corrected chi connectivity index (χ1v) is 4.15. The molecule has 1 aromatic rings. The van der Waals surface area contributed by atoms with Gasteiger partial charge in [-0.15, -0.1) is 24.2 Å². The fraction of sp³-hybridized carbons (Fsp3) is 0.143. The molecule has 0 fully saturated rings. The number of benzene rings is 1. The van der Waals surface area contributed by atoms with Crippen LogP contribution < -0.4 is 0 Å². The van der Waals surface area contributed by atoms with Crippen molar-refractivity contribution in [2.75, 3.05) is 0 Å². The predicted molar refractivity (Wildman–Crippen MR) is 49.9 cm³/mol. The van der Waals surface area contributed by atoms with Gasteiger partial charge in [-0.2, -0.15) is 0 Å². The van der Waals surface area contributed by atoms with Gasteiger partial charge in [-0.1, -0.05) is 6.07 Å². The van der Waals surface area contributed by atoms with Crippen LogP contribution in [-0.2, 0) is 5.88 Å². The number of nitro benzene ring substituents is 1. The quantitative estimate of drug-likeness (QED) is 0.348. The molecule has 0 radical (unpaired) electrons. The van der Waals surface area contributed by atoms with E-state index in [0.717, 1.165) is 5.56 Å². The molecule has 0 N–H and O–H groups in total. The Morgan fingerprint density at radius 3 is 2.75 bits per heavy atom. The van der Waals surface area contributed by atoms with Crippen LogP contribution in [0.15, 0.2) is 23.1 Å². The molecule has 0 unspecified atom stereocenters. The fourth-order valence-corrected chi connectivity index (χ4v) is 1.19. The van der Waals surface area contributed by atoms with Crippen LogP contribution in [0.1, 0.15) is 5.56 Å². The van der Waals surface area contributed by atoms with Crippen molar-refractivity contribution in [3.05, 3.63) is 33.9 Å². The van der Waals surface area contributed by atoms with Gasteiger partial charge < -0.3 is 0 Å². The first-order chi connectivity index (χ1) is 5.65. The fourth-order valence-electron chi connectivity index (χ4n) is 0.798. The summed E-state index contributed by atoms with van der Waals surface area (Å²) in [6.07, 6.45) is 0. The third kappa shape index (κ3) is 1.89. The maximum absolute atomic E-state index is 10.4. The first kappa shape index (κ1) is 9.35. The number of nitro groups is 1. The lowest BCUT2D eigenvalue weighted by Crippen LogP contribution is -1.90. The number of halogens is 1. The zero-order chi connectivity index (χ0) is 9.14. The maximum atomic E-state index is 10.4. The smallest absolute Gasteiger partial charge is 0.258 e. The zero-order valence-electron chi connectivity index (χ0n) is 6.03. The summed E-state index contributed by atoms with van der Waals surface area (Å²) in [5.74, 6) is 0.273. The van der Waals surface area contributed by atoms with E-state index in [4.69, 9.17) is 11.6 Å². The van der Waals surface area contributed by atoms with Crippen LogP contribution in [0.2, 0.25) is 0 Å². The van der Waals surface area contributed by atoms with Crippen molar-refractivity contribution < 1.29 is 4.92 Å². The van der Waals surface area contributed by atoms with Crippen LogP contribution >= 0.6 is 24.2 Å². The molecule has 1 aromatic carbocycles. The van der Waals surface area contributed by atoms with Gasteiger partial charge in [0, 0.05) is 11.9 Å². The number of rotatable bonds is 2. The van der Waals surface area contributed by atoms with E-state index >= 15 is 0 Å². The Bertz CT molecular complexity index is 316. The number of alkyl halides is 1. The van der Waals surface area contributed by atoms with Crippen molar-refractivity contribution in [3.8, 4) is 0 Å². The molecule has 0 bridgehead atoms. The molecule has 5 heteroatoms. The maximum Gasteiger partial charge on any atom is 0.282 e. The summed E-state index contributed by atoms with van der Waals surface area (Å²) < 4.78 is 0. The van der Waals surface area contributed by atoms with Crippen LogP contribution in [-0.4, -0.2) is 4.92 Å². The molecule has 0 saturated carbocycles. The van der Waals surface area contributed by atoms with Crippen LogP contribution in [0, 0.1) is 10.1 Å². The van der Waals surface area contributed by atoms with Gasteiger partial charge in [-0.25, -0.2) is 0 Å². The molecule has 0 aliphatic carbocycles. The lowest BCUT2D eigenvalue weighted by Gasteiger charge is -1.97. The predicted octanol–water partition coefficient (Wildman–Crippen LogP) is 2.62. The molecule has 12 heavy (non-hydrogen) atoms. The Morgan fingerprint density at radius 2 is 2.25 bits per heavy atom. The highest BCUT2D eigenvalue weighted by molar-refractivity contribution is 7.80. The lowest BCUT2D eigenvalue weighted by atomic mass is 10.2. The van der Waals surface area contributed by atoms with Crippen molar-refractivity contribution in [3.63, 3.8) is 0 Å². The highest BCUT2D eigenvalue weighted by Gasteiger charge is 2.10. The summed E-state index contributed by atoms with van der Waals surface area (Å²) in [7, 11) is 0. The van der Waals surface area contributed by atoms with Gasteiger partial charge in [0.15, 0.2) is 0 Å². The van der Waals surface area contributed by atoms with Gasteiger partial charge in [0.05, 0.1) is 9.82 Å². The Kier molecular flexibility index (Phi) is 2.94. The number of hydrogen-bond acceptors (Lipinski definition) is 3. The van der Waals surface area contributed by atoms with Crippen LogP contribution in [0.4, 0.5) is 5.69 Å². The third-order valence-electron chi connectivity index (χ3n) is 1.39. The minimum atomic E-state index is -0.474. The van der Waals surface area contributed by atoms with Crippen molar-refractivity contribution >= 4 is 29.9 Å². The minimum Gasteiger partial charge on any atom is -0.258 e. The molecule has 0 aromatic heterocycles. The molecule has 1 rings (SSSR count). The number of thiol groups is 1. The van der Waals surface area contributed by atoms with E-state index in [-0.39, 0.29) is 11.6 Å². The number of hydrogen-bond donors (Lipinski definition) is 1. The first-order valence-electron chi connectivity index (χ1n) is 3.17. The average molecular weight is 204 g/mol. The average Bonchev–Trinajstić information content (AvgIpc) is 2.05. The second kappa shape index (κ2) is 3.78. The second-order valence-electron chi connectivity index (χ2n) is 2.21. The summed E-state index contributed by atoms with van der Waals surface area (Å²) >= 11 is 9.45. The molecule has 64 valence electrons. The van der Waals surface area contributed by atoms with Gasteiger partial charge in [0.2, 0.25) is 0 Å². The molecule has 0 aliphatic rings. The highest BCUT2D eigenvalue weighted by Crippen LogP contribution is 2.23. The SMILES string of the molecule is O=[N+]([O-])c1cc(CCl)ccc1S. The van der Waals surface area contributed by atoms with Crippen molar-refractivity contribution in [2.45, 2.75) is 10.8 Å². The third-order valence-corrected chi connectivity index (χ3v) is 2.08. The van der Waals surface area contributed by atoms with Gasteiger partial charge in [0.1, 0.15) is 0 Å². The highest BCUT2D eigenvalue weighted by atomic mass is 35.5. The van der Waals surface area contributed by atoms with E-state index in [2.05, 4.69) is 12.6 Å². The number of nitrogens with zero attached hydrogens (tertiary/aromatic N) is 1. The molecular formula is C7H6ClNO2S. The normalized spacial score (nSPS) is 9.83. The Balaban J connectivity index is 3.17. The van der Waals surface area contributed by atoms with Crippen LogP contribution in [0.5, 0.6) is 0 Å². The van der Waals surface area contributed by atoms with E-state index in [1.807, 2.05) is 0 Å². The summed E-state index contributed by atoms with van der Waals surface area (Å²) in [5, 5.41) is 10.4. The molecule has 0 amide bonds.